The second-order valence-electron chi connectivity index (χ2n) is 5.12. The molecule has 1 aliphatic carbocycles. The van der Waals surface area contributed by atoms with Crippen LogP contribution in [0.5, 0.6) is 0 Å². The molecule has 1 aliphatic rings. The Labute approximate surface area is 137 Å². The van der Waals surface area contributed by atoms with Gasteiger partial charge in [-0.15, -0.1) is 10.2 Å². The molecular weight excluding hydrogens is 316 g/mol. The lowest BCUT2D eigenvalue weighted by Crippen LogP contribution is -2.32. The Balaban J connectivity index is 1.56. The van der Waals surface area contributed by atoms with Crippen LogP contribution in [0.4, 0.5) is 5.13 Å². The third-order valence-electron chi connectivity index (χ3n) is 3.65. The third kappa shape index (κ3) is 3.59. The maximum absolute atomic E-state index is 12.2. The third-order valence-corrected chi connectivity index (χ3v) is 5.73. The van der Waals surface area contributed by atoms with Gasteiger partial charge in [0, 0.05) is 7.05 Å². The van der Waals surface area contributed by atoms with Gasteiger partial charge in [0.1, 0.15) is 0 Å². The first-order chi connectivity index (χ1) is 10.8. The second-order valence-corrected chi connectivity index (χ2v) is 7.32. The minimum atomic E-state index is 0.0490. The van der Waals surface area contributed by atoms with E-state index in [0.29, 0.717) is 5.75 Å². The first-order valence-corrected chi connectivity index (χ1v) is 9.07. The Bertz CT molecular complexity index is 658. The van der Waals surface area contributed by atoms with Crippen molar-refractivity contribution in [2.45, 2.75) is 29.6 Å². The van der Waals surface area contributed by atoms with E-state index in [0.717, 1.165) is 28.7 Å². The van der Waals surface area contributed by atoms with Gasteiger partial charge < -0.3 is 10.6 Å². The maximum Gasteiger partial charge on any atom is 0.230 e. The number of benzene rings is 1. The molecule has 0 fully saturated rings. The molecule has 0 unspecified atom stereocenters. The fraction of sp³-hybridized carbons (Fsp3) is 0.400. The minimum absolute atomic E-state index is 0.0490. The smallest absolute Gasteiger partial charge is 0.230 e. The van der Waals surface area contributed by atoms with Crippen LogP contribution >= 0.6 is 23.1 Å². The average molecular weight is 334 g/mol. The molecule has 22 heavy (non-hydrogen) atoms. The number of carbonyl (C=O) groups is 1. The van der Waals surface area contributed by atoms with E-state index in [1.54, 1.807) is 0 Å². The number of hydrogen-bond acceptors (Lipinski definition) is 6. The van der Waals surface area contributed by atoms with Crippen LogP contribution in [-0.2, 0) is 11.2 Å². The van der Waals surface area contributed by atoms with Crippen molar-refractivity contribution in [3.63, 3.8) is 0 Å². The van der Waals surface area contributed by atoms with Gasteiger partial charge >= 0.3 is 0 Å². The number of nitrogens with one attached hydrogen (secondary N) is 2. The molecule has 1 aromatic carbocycles. The number of nitrogens with zero attached hydrogens (tertiary/aromatic N) is 2. The molecule has 3 rings (SSSR count). The Morgan fingerprint density at radius 3 is 3.09 bits per heavy atom. The van der Waals surface area contributed by atoms with Crippen LogP contribution in [0, 0.1) is 0 Å². The van der Waals surface area contributed by atoms with E-state index in [1.807, 2.05) is 13.1 Å². The molecule has 0 aliphatic heterocycles. The van der Waals surface area contributed by atoms with Crippen molar-refractivity contribution < 1.29 is 4.79 Å². The van der Waals surface area contributed by atoms with E-state index in [4.69, 9.17) is 0 Å². The van der Waals surface area contributed by atoms with Gasteiger partial charge in [-0.25, -0.2) is 0 Å². The molecule has 0 bridgehead atoms. The summed E-state index contributed by atoms with van der Waals surface area (Å²) in [6, 6.07) is 8.52. The Hall–Kier alpha value is -1.60. The molecule has 0 saturated carbocycles. The summed E-state index contributed by atoms with van der Waals surface area (Å²) in [6.07, 6.45) is 3.24. The first-order valence-electron chi connectivity index (χ1n) is 7.27. The SMILES string of the molecule is CNc1nnc(SCC(=O)N[C@H]2CCCc3ccccc32)s1. The average Bonchev–Trinajstić information content (AvgIpc) is 3.01. The van der Waals surface area contributed by atoms with Crippen molar-refractivity contribution >= 4 is 34.1 Å². The Morgan fingerprint density at radius 1 is 1.41 bits per heavy atom. The van der Waals surface area contributed by atoms with Crippen molar-refractivity contribution in [3.8, 4) is 0 Å². The fourth-order valence-corrected chi connectivity index (χ4v) is 4.15. The fourth-order valence-electron chi connectivity index (χ4n) is 2.64. The van der Waals surface area contributed by atoms with Crippen molar-refractivity contribution in [1.82, 2.24) is 15.5 Å². The highest BCUT2D eigenvalue weighted by Gasteiger charge is 2.21. The second kappa shape index (κ2) is 7.11. The van der Waals surface area contributed by atoms with Gasteiger partial charge in [0.25, 0.3) is 0 Å². The Morgan fingerprint density at radius 2 is 2.27 bits per heavy atom. The number of thioether (sulfide) groups is 1. The summed E-state index contributed by atoms with van der Waals surface area (Å²) in [7, 11) is 1.81. The van der Waals surface area contributed by atoms with Crippen molar-refractivity contribution in [1.29, 1.82) is 0 Å². The van der Waals surface area contributed by atoms with E-state index in [1.165, 1.54) is 34.2 Å². The van der Waals surface area contributed by atoms with Crippen molar-refractivity contribution in [2.24, 2.45) is 0 Å². The molecule has 2 N–H and O–H groups in total. The number of aryl methyl sites for hydroxylation is 1. The Kier molecular flexibility index (Phi) is 4.94. The van der Waals surface area contributed by atoms with E-state index >= 15 is 0 Å². The summed E-state index contributed by atoms with van der Waals surface area (Å²) in [4.78, 5) is 12.2. The number of carbonyl (C=O) groups excluding carboxylic acids is 1. The van der Waals surface area contributed by atoms with Gasteiger partial charge in [0.05, 0.1) is 11.8 Å². The maximum atomic E-state index is 12.2. The van der Waals surface area contributed by atoms with Crippen LogP contribution in [0.25, 0.3) is 0 Å². The zero-order valence-electron chi connectivity index (χ0n) is 12.3. The van der Waals surface area contributed by atoms with Crippen LogP contribution < -0.4 is 10.6 Å². The standard InChI is InChI=1S/C15H18N4OS2/c1-16-14-18-19-15(22-14)21-9-13(20)17-12-8-4-6-10-5-2-3-7-11(10)12/h2-3,5,7,12H,4,6,8-9H2,1H3,(H,16,18)(H,17,20)/t12-/m0/s1. The first kappa shape index (κ1) is 15.3. The molecule has 1 heterocycles. The zero-order valence-corrected chi connectivity index (χ0v) is 14.0. The molecule has 0 saturated heterocycles. The monoisotopic (exact) mass is 334 g/mol. The largest absolute Gasteiger partial charge is 0.363 e. The molecule has 7 heteroatoms. The van der Waals surface area contributed by atoms with Crippen LogP contribution in [0.1, 0.15) is 30.0 Å². The van der Waals surface area contributed by atoms with Gasteiger partial charge in [-0.05, 0) is 30.4 Å². The van der Waals surface area contributed by atoms with Gasteiger partial charge in [-0.3, -0.25) is 4.79 Å². The topological polar surface area (TPSA) is 66.9 Å². The van der Waals surface area contributed by atoms with Gasteiger partial charge in [-0.1, -0.05) is 47.4 Å². The highest BCUT2D eigenvalue weighted by atomic mass is 32.2. The number of aromatic nitrogens is 2. The highest BCUT2D eigenvalue weighted by Crippen LogP contribution is 2.30. The van der Waals surface area contributed by atoms with Crippen LogP contribution in [-0.4, -0.2) is 28.9 Å². The lowest BCUT2D eigenvalue weighted by Gasteiger charge is -2.26. The van der Waals surface area contributed by atoms with Gasteiger partial charge in [0.2, 0.25) is 11.0 Å². The minimum Gasteiger partial charge on any atom is -0.363 e. The van der Waals surface area contributed by atoms with E-state index in [2.05, 4.69) is 39.0 Å². The van der Waals surface area contributed by atoms with Gasteiger partial charge in [-0.2, -0.15) is 0 Å². The van der Waals surface area contributed by atoms with Crippen molar-refractivity contribution in [2.75, 3.05) is 18.1 Å². The summed E-state index contributed by atoms with van der Waals surface area (Å²) in [6.45, 7) is 0. The number of anilines is 1. The summed E-state index contributed by atoms with van der Waals surface area (Å²) in [5.74, 6) is 0.421. The highest BCUT2D eigenvalue weighted by molar-refractivity contribution is 8.01. The van der Waals surface area contributed by atoms with Crippen LogP contribution in [0.2, 0.25) is 0 Å². The zero-order chi connectivity index (χ0) is 15.4. The molecule has 116 valence electrons. The van der Waals surface area contributed by atoms with Crippen LogP contribution in [0.3, 0.4) is 0 Å². The predicted octanol–water partition coefficient (Wildman–Crippen LogP) is 2.87. The molecule has 1 atom stereocenters. The lowest BCUT2D eigenvalue weighted by atomic mass is 9.88. The summed E-state index contributed by atoms with van der Waals surface area (Å²) >= 11 is 2.89. The van der Waals surface area contributed by atoms with Crippen LogP contribution in [0.15, 0.2) is 28.6 Å². The molecule has 5 nitrogen and oxygen atoms in total. The molecule has 0 radical (unpaired) electrons. The van der Waals surface area contributed by atoms with E-state index in [9.17, 15) is 4.79 Å². The molecular formula is C15H18N4OS2. The van der Waals surface area contributed by atoms with E-state index in [-0.39, 0.29) is 11.9 Å². The van der Waals surface area contributed by atoms with Crippen molar-refractivity contribution in [3.05, 3.63) is 35.4 Å². The number of hydrogen-bond donors (Lipinski definition) is 2. The quantitative estimate of drug-likeness (QED) is 0.823. The summed E-state index contributed by atoms with van der Waals surface area (Å²) < 4.78 is 0.809. The number of fused-ring (bicyclic) bond motifs is 1. The molecule has 1 aromatic heterocycles. The number of rotatable bonds is 5. The van der Waals surface area contributed by atoms with Gasteiger partial charge in [0.15, 0.2) is 4.34 Å². The summed E-state index contributed by atoms with van der Waals surface area (Å²) in [5.41, 5.74) is 2.62. The molecule has 0 spiro atoms. The lowest BCUT2D eigenvalue weighted by molar-refractivity contribution is -0.119. The molecule has 1 amide bonds. The predicted molar refractivity (Wildman–Crippen MR) is 90.4 cm³/mol. The molecule has 2 aromatic rings. The number of amides is 1. The summed E-state index contributed by atoms with van der Waals surface area (Å²) in [5, 5.41) is 14.9. The van der Waals surface area contributed by atoms with E-state index < -0.39 is 0 Å². The normalized spacial score (nSPS) is 16.9.